The summed E-state index contributed by atoms with van der Waals surface area (Å²) in [6.45, 7) is 0.644. The lowest BCUT2D eigenvalue weighted by atomic mass is 10.4. The molecule has 0 heterocycles. The van der Waals surface area contributed by atoms with E-state index in [0.29, 0.717) is 6.92 Å². The van der Waals surface area contributed by atoms with Crippen molar-refractivity contribution < 1.29 is 18.3 Å². The molecule has 9 heavy (non-hydrogen) atoms. The first-order chi connectivity index (χ1) is 3.81. The van der Waals surface area contributed by atoms with Crippen LogP contribution in [0.15, 0.2) is 0 Å². The van der Waals surface area contributed by atoms with E-state index in [-0.39, 0.29) is 10.8 Å². The third kappa shape index (κ3) is 2.27. The van der Waals surface area contributed by atoms with Crippen LogP contribution in [-0.2, 0) is 0 Å². The maximum Gasteiger partial charge on any atom is 0.427 e. The van der Waals surface area contributed by atoms with Crippen molar-refractivity contribution in [1.82, 2.24) is 0 Å². The fraction of sp³-hybridized carbons (Fsp3) is 1.00. The minimum absolute atomic E-state index is 0.0590. The lowest BCUT2D eigenvalue weighted by Gasteiger charge is -2.22. The first-order valence-electron chi connectivity index (χ1n) is 1.93. The molecule has 0 saturated heterocycles. The molecule has 0 aromatic carbocycles. The Morgan fingerprint density at radius 3 is 1.78 bits per heavy atom. The Morgan fingerprint density at radius 1 is 1.44 bits per heavy atom. The van der Waals surface area contributed by atoms with Crippen LogP contribution in [0.1, 0.15) is 6.92 Å². The molecule has 0 bridgehead atoms. The van der Waals surface area contributed by atoms with Crippen molar-refractivity contribution >= 4 is 22.5 Å². The highest BCUT2D eigenvalue weighted by atomic mass is 33.1. The summed E-state index contributed by atoms with van der Waals surface area (Å²) in [5.41, 5.74) is 0. The van der Waals surface area contributed by atoms with Crippen molar-refractivity contribution in [2.45, 2.75) is 18.0 Å². The third-order valence-electron chi connectivity index (χ3n) is 0.704. The lowest BCUT2D eigenvalue weighted by molar-refractivity contribution is -0.212. The van der Waals surface area contributed by atoms with E-state index in [0.717, 1.165) is 0 Å². The molecule has 0 fully saturated rings. The zero-order valence-corrected chi connectivity index (χ0v) is 6.15. The first kappa shape index (κ1) is 9.45. The highest BCUT2D eigenvalue weighted by molar-refractivity contribution is 8.69. The van der Waals surface area contributed by atoms with Crippen LogP contribution in [0.5, 0.6) is 0 Å². The van der Waals surface area contributed by atoms with E-state index in [1.807, 2.05) is 0 Å². The van der Waals surface area contributed by atoms with Gasteiger partial charge in [-0.15, -0.1) is 11.7 Å². The molecule has 1 atom stereocenters. The SMILES string of the molecule is CC(O)(SS)C(F)(F)F. The van der Waals surface area contributed by atoms with Crippen molar-refractivity contribution in [3.63, 3.8) is 0 Å². The number of aliphatic hydroxyl groups is 1. The monoisotopic (exact) mass is 178 g/mol. The molecule has 56 valence electrons. The molecule has 0 aliphatic rings. The van der Waals surface area contributed by atoms with Crippen LogP contribution < -0.4 is 0 Å². The summed E-state index contributed by atoms with van der Waals surface area (Å²) in [5, 5.41) is 8.42. The second kappa shape index (κ2) is 2.59. The average molecular weight is 178 g/mol. The van der Waals surface area contributed by atoms with Crippen molar-refractivity contribution in [3.05, 3.63) is 0 Å². The molecule has 0 rings (SSSR count). The summed E-state index contributed by atoms with van der Waals surface area (Å²) in [6.07, 6.45) is -4.61. The molecule has 0 radical (unpaired) electrons. The number of thiol groups is 1. The van der Waals surface area contributed by atoms with Crippen LogP contribution in [0.25, 0.3) is 0 Å². The predicted molar refractivity (Wildman–Crippen MR) is 33.3 cm³/mol. The van der Waals surface area contributed by atoms with Crippen LogP contribution in [-0.4, -0.2) is 16.2 Å². The van der Waals surface area contributed by atoms with Gasteiger partial charge in [-0.3, -0.25) is 0 Å². The van der Waals surface area contributed by atoms with E-state index in [4.69, 9.17) is 5.11 Å². The minimum atomic E-state index is -4.61. The van der Waals surface area contributed by atoms with Crippen molar-refractivity contribution in [2.24, 2.45) is 0 Å². The Labute approximate surface area is 59.4 Å². The number of alkyl halides is 3. The van der Waals surface area contributed by atoms with E-state index >= 15 is 0 Å². The van der Waals surface area contributed by atoms with Crippen LogP contribution in [0, 0.1) is 0 Å². The van der Waals surface area contributed by atoms with Gasteiger partial charge >= 0.3 is 6.18 Å². The lowest BCUT2D eigenvalue weighted by Crippen LogP contribution is -2.37. The predicted octanol–water partition coefficient (Wildman–Crippen LogP) is 1.84. The molecule has 1 N–H and O–H groups in total. The zero-order chi connectivity index (χ0) is 7.71. The van der Waals surface area contributed by atoms with Gasteiger partial charge in [0, 0.05) is 0 Å². The largest absolute Gasteiger partial charge is 0.427 e. The highest BCUT2D eigenvalue weighted by Crippen LogP contribution is 2.40. The second-order valence-electron chi connectivity index (χ2n) is 1.57. The second-order valence-corrected chi connectivity index (χ2v) is 3.10. The Balaban J connectivity index is 4.14. The van der Waals surface area contributed by atoms with Gasteiger partial charge < -0.3 is 5.11 Å². The fourth-order valence-corrected chi connectivity index (χ4v) is 0.466. The van der Waals surface area contributed by atoms with Crippen molar-refractivity contribution in [2.75, 3.05) is 0 Å². The van der Waals surface area contributed by atoms with Gasteiger partial charge in [0.25, 0.3) is 0 Å². The Hall–Kier alpha value is 0.450. The van der Waals surface area contributed by atoms with E-state index in [1.165, 1.54) is 0 Å². The molecule has 0 spiro atoms. The molecule has 0 aliphatic carbocycles. The van der Waals surface area contributed by atoms with Gasteiger partial charge in [-0.1, -0.05) is 10.8 Å². The zero-order valence-electron chi connectivity index (χ0n) is 4.44. The van der Waals surface area contributed by atoms with Crippen molar-refractivity contribution in [3.8, 4) is 0 Å². The summed E-state index contributed by atoms with van der Waals surface area (Å²) in [6, 6.07) is 0. The number of halogens is 3. The number of hydrogen-bond donors (Lipinski definition) is 2. The third-order valence-corrected chi connectivity index (χ3v) is 2.36. The summed E-state index contributed by atoms with van der Waals surface area (Å²) in [5.74, 6) is 0. The van der Waals surface area contributed by atoms with Crippen LogP contribution in [0.3, 0.4) is 0 Å². The summed E-state index contributed by atoms with van der Waals surface area (Å²) >= 11 is 3.24. The van der Waals surface area contributed by atoms with Gasteiger partial charge in [0.2, 0.25) is 4.93 Å². The standard InChI is InChI=1S/C3H5F3OS2/c1-2(7,9-8)3(4,5)6/h7-8H,1H3. The van der Waals surface area contributed by atoms with Crippen LogP contribution in [0.2, 0.25) is 0 Å². The van der Waals surface area contributed by atoms with Crippen LogP contribution >= 0.6 is 22.5 Å². The minimum Gasteiger partial charge on any atom is -0.371 e. The molecule has 0 aromatic heterocycles. The van der Waals surface area contributed by atoms with Gasteiger partial charge in [-0.05, 0) is 6.92 Å². The molecular weight excluding hydrogens is 173 g/mol. The molecule has 0 aliphatic heterocycles. The van der Waals surface area contributed by atoms with Gasteiger partial charge in [0.15, 0.2) is 0 Å². The summed E-state index contributed by atoms with van der Waals surface area (Å²) in [7, 11) is 0.0590. The summed E-state index contributed by atoms with van der Waals surface area (Å²) < 4.78 is 34.5. The van der Waals surface area contributed by atoms with E-state index in [2.05, 4.69) is 11.7 Å². The Kier molecular flexibility index (Phi) is 2.72. The number of hydrogen-bond acceptors (Lipinski definition) is 3. The van der Waals surface area contributed by atoms with Gasteiger partial charge in [-0.2, -0.15) is 13.2 Å². The van der Waals surface area contributed by atoms with Gasteiger partial charge in [0.1, 0.15) is 0 Å². The maximum atomic E-state index is 11.5. The molecule has 6 heteroatoms. The van der Waals surface area contributed by atoms with Crippen LogP contribution in [0.4, 0.5) is 13.2 Å². The Bertz CT molecular complexity index is 99.7. The number of rotatable bonds is 1. The van der Waals surface area contributed by atoms with Gasteiger partial charge in [-0.25, -0.2) is 0 Å². The topological polar surface area (TPSA) is 20.2 Å². The maximum absolute atomic E-state index is 11.5. The summed E-state index contributed by atoms with van der Waals surface area (Å²) in [4.78, 5) is -2.74. The van der Waals surface area contributed by atoms with Crippen molar-refractivity contribution in [1.29, 1.82) is 0 Å². The normalized spacial score (nSPS) is 19.3. The molecule has 0 amide bonds. The van der Waals surface area contributed by atoms with E-state index in [9.17, 15) is 13.2 Å². The highest BCUT2D eigenvalue weighted by Gasteiger charge is 2.50. The molecule has 0 saturated carbocycles. The molecule has 1 nitrogen and oxygen atoms in total. The Morgan fingerprint density at radius 2 is 1.78 bits per heavy atom. The van der Waals surface area contributed by atoms with Gasteiger partial charge in [0.05, 0.1) is 0 Å². The van der Waals surface area contributed by atoms with E-state index < -0.39 is 11.1 Å². The smallest absolute Gasteiger partial charge is 0.371 e. The fourth-order valence-electron chi connectivity index (χ4n) is 0.0518. The average Bonchev–Trinajstić information content (AvgIpc) is 1.64. The quantitative estimate of drug-likeness (QED) is 0.363. The first-order valence-corrected chi connectivity index (χ1v) is 3.80. The molecule has 1 unspecified atom stereocenters. The molecule has 0 aromatic rings. The van der Waals surface area contributed by atoms with E-state index in [1.54, 1.807) is 0 Å². The molecular formula is C3H5F3OS2.